The SMILES string of the molecule is CCN1CCN(C2=C(c3ccc([N+](=O)[O-])cc3)C(=O)N(Cc3ccccc3Cl)C2=O)CC1. The molecule has 2 amide bonds. The van der Waals surface area contributed by atoms with E-state index < -0.39 is 10.8 Å². The predicted molar refractivity (Wildman–Crippen MR) is 121 cm³/mol. The second-order valence-corrected chi connectivity index (χ2v) is 8.14. The van der Waals surface area contributed by atoms with E-state index in [2.05, 4.69) is 11.8 Å². The van der Waals surface area contributed by atoms with Gasteiger partial charge in [0.1, 0.15) is 5.70 Å². The lowest BCUT2D eigenvalue weighted by Crippen LogP contribution is -2.47. The molecule has 0 atom stereocenters. The number of halogens is 1. The van der Waals surface area contributed by atoms with Crippen LogP contribution in [0.5, 0.6) is 0 Å². The number of imide groups is 1. The Hall–Kier alpha value is -3.23. The van der Waals surface area contributed by atoms with Gasteiger partial charge in [-0.3, -0.25) is 24.6 Å². The zero-order chi connectivity index (χ0) is 22.8. The molecule has 2 aromatic carbocycles. The van der Waals surface area contributed by atoms with Gasteiger partial charge in [-0.15, -0.1) is 0 Å². The van der Waals surface area contributed by atoms with Gasteiger partial charge in [0.2, 0.25) is 0 Å². The van der Waals surface area contributed by atoms with Crippen molar-refractivity contribution < 1.29 is 14.5 Å². The van der Waals surface area contributed by atoms with E-state index in [1.807, 2.05) is 11.0 Å². The van der Waals surface area contributed by atoms with E-state index in [1.54, 1.807) is 18.2 Å². The number of hydrogen-bond donors (Lipinski definition) is 0. The number of nitro benzene ring substituents is 1. The molecule has 0 aromatic heterocycles. The van der Waals surface area contributed by atoms with Crippen LogP contribution >= 0.6 is 11.6 Å². The minimum atomic E-state index is -0.492. The Morgan fingerprint density at radius 2 is 1.62 bits per heavy atom. The highest BCUT2D eigenvalue weighted by Crippen LogP contribution is 2.34. The van der Waals surface area contributed by atoms with Gasteiger partial charge in [-0.2, -0.15) is 0 Å². The summed E-state index contributed by atoms with van der Waals surface area (Å²) in [6, 6.07) is 12.9. The molecule has 2 heterocycles. The summed E-state index contributed by atoms with van der Waals surface area (Å²) < 4.78 is 0. The molecule has 166 valence electrons. The number of hydrogen-bond acceptors (Lipinski definition) is 6. The van der Waals surface area contributed by atoms with Crippen molar-refractivity contribution in [3.63, 3.8) is 0 Å². The molecule has 0 N–H and O–H groups in total. The number of benzene rings is 2. The number of piperazine rings is 1. The quantitative estimate of drug-likeness (QED) is 0.378. The summed E-state index contributed by atoms with van der Waals surface area (Å²) in [7, 11) is 0. The summed E-state index contributed by atoms with van der Waals surface area (Å²) in [5.41, 5.74) is 1.73. The molecular weight excluding hydrogens is 432 g/mol. The van der Waals surface area contributed by atoms with Crippen molar-refractivity contribution in [2.75, 3.05) is 32.7 Å². The summed E-state index contributed by atoms with van der Waals surface area (Å²) in [4.78, 5) is 42.9. The average molecular weight is 455 g/mol. The van der Waals surface area contributed by atoms with Crippen LogP contribution in [0.2, 0.25) is 5.02 Å². The second-order valence-electron chi connectivity index (χ2n) is 7.74. The van der Waals surface area contributed by atoms with Crippen LogP contribution in [-0.4, -0.2) is 64.2 Å². The Morgan fingerprint density at radius 1 is 0.969 bits per heavy atom. The predicted octanol–water partition coefficient (Wildman–Crippen LogP) is 3.17. The van der Waals surface area contributed by atoms with E-state index in [1.165, 1.54) is 29.2 Å². The van der Waals surface area contributed by atoms with E-state index in [0.717, 1.165) is 19.6 Å². The first-order valence-electron chi connectivity index (χ1n) is 10.5. The molecule has 2 aromatic rings. The van der Waals surface area contributed by atoms with Crippen LogP contribution in [-0.2, 0) is 16.1 Å². The minimum absolute atomic E-state index is 0.0618. The molecule has 0 aliphatic carbocycles. The van der Waals surface area contributed by atoms with Gasteiger partial charge in [-0.05, 0) is 35.9 Å². The first-order valence-corrected chi connectivity index (χ1v) is 10.8. The fourth-order valence-electron chi connectivity index (χ4n) is 4.09. The summed E-state index contributed by atoms with van der Waals surface area (Å²) >= 11 is 6.27. The fourth-order valence-corrected chi connectivity index (χ4v) is 4.29. The number of amides is 2. The highest BCUT2D eigenvalue weighted by molar-refractivity contribution is 6.35. The number of carbonyl (C=O) groups excluding carboxylic acids is 2. The maximum absolute atomic E-state index is 13.5. The monoisotopic (exact) mass is 454 g/mol. The van der Waals surface area contributed by atoms with Gasteiger partial charge >= 0.3 is 0 Å². The number of rotatable bonds is 6. The Kier molecular flexibility index (Phi) is 6.25. The largest absolute Gasteiger partial charge is 0.364 e. The highest BCUT2D eigenvalue weighted by Gasteiger charge is 2.42. The normalized spacial score (nSPS) is 17.4. The molecule has 0 bridgehead atoms. The van der Waals surface area contributed by atoms with Crippen LogP contribution in [0.4, 0.5) is 5.69 Å². The molecule has 2 aliphatic rings. The van der Waals surface area contributed by atoms with Crippen LogP contribution < -0.4 is 0 Å². The molecule has 1 saturated heterocycles. The molecule has 9 heteroatoms. The van der Waals surface area contributed by atoms with Gasteiger partial charge in [0.15, 0.2) is 0 Å². The first-order chi connectivity index (χ1) is 15.4. The van der Waals surface area contributed by atoms with Crippen LogP contribution in [0.1, 0.15) is 18.1 Å². The minimum Gasteiger partial charge on any atom is -0.364 e. The van der Waals surface area contributed by atoms with Gasteiger partial charge in [0, 0.05) is 43.3 Å². The zero-order valence-corrected chi connectivity index (χ0v) is 18.4. The van der Waals surface area contributed by atoms with Crippen molar-refractivity contribution in [3.05, 3.63) is 80.5 Å². The number of non-ortho nitro benzene ring substituents is 1. The molecule has 8 nitrogen and oxygen atoms in total. The molecule has 2 aliphatic heterocycles. The summed E-state index contributed by atoms with van der Waals surface area (Å²) in [6.45, 7) is 5.91. The number of nitro groups is 1. The Labute approximate surface area is 190 Å². The van der Waals surface area contributed by atoms with Gasteiger partial charge in [0.05, 0.1) is 17.0 Å². The number of likely N-dealkylation sites (N-methyl/N-ethyl adjacent to an activating group) is 1. The summed E-state index contributed by atoms with van der Waals surface area (Å²) in [5, 5.41) is 11.5. The standard InChI is InChI=1S/C23H23ClN4O4/c1-2-25-11-13-26(14-12-25)21-20(16-7-9-18(10-8-16)28(31)32)22(29)27(23(21)30)15-17-5-3-4-6-19(17)24/h3-10H,2,11-15H2,1H3. The second kappa shape index (κ2) is 9.10. The molecule has 0 saturated carbocycles. The van der Waals surface area contributed by atoms with Crippen LogP contribution in [0.15, 0.2) is 54.2 Å². The third-order valence-corrected chi connectivity index (χ3v) is 6.30. The lowest BCUT2D eigenvalue weighted by molar-refractivity contribution is -0.384. The Bertz CT molecular complexity index is 1090. The van der Waals surface area contributed by atoms with Crippen molar-refractivity contribution in [2.45, 2.75) is 13.5 Å². The third-order valence-electron chi connectivity index (χ3n) is 5.93. The molecule has 32 heavy (non-hydrogen) atoms. The molecule has 0 spiro atoms. The van der Waals surface area contributed by atoms with Crippen molar-refractivity contribution in [1.82, 2.24) is 14.7 Å². The molecule has 4 rings (SSSR count). The van der Waals surface area contributed by atoms with Gasteiger partial charge in [0.25, 0.3) is 17.5 Å². The van der Waals surface area contributed by atoms with Crippen molar-refractivity contribution >= 4 is 34.7 Å². The topological polar surface area (TPSA) is 87.0 Å². The molecular formula is C23H23ClN4O4. The van der Waals surface area contributed by atoms with E-state index in [-0.39, 0.29) is 23.7 Å². The number of nitrogens with zero attached hydrogens (tertiary/aromatic N) is 4. The van der Waals surface area contributed by atoms with E-state index in [9.17, 15) is 19.7 Å². The maximum atomic E-state index is 13.5. The average Bonchev–Trinajstić information content (AvgIpc) is 3.05. The van der Waals surface area contributed by atoms with Crippen LogP contribution in [0.25, 0.3) is 5.57 Å². The Balaban J connectivity index is 1.72. The van der Waals surface area contributed by atoms with E-state index in [0.29, 0.717) is 34.9 Å². The fraction of sp³-hybridized carbons (Fsp3) is 0.304. The van der Waals surface area contributed by atoms with Gasteiger partial charge in [-0.25, -0.2) is 0 Å². The van der Waals surface area contributed by atoms with Crippen molar-refractivity contribution in [1.29, 1.82) is 0 Å². The zero-order valence-electron chi connectivity index (χ0n) is 17.7. The van der Waals surface area contributed by atoms with E-state index in [4.69, 9.17) is 11.6 Å². The molecule has 1 fully saturated rings. The summed E-state index contributed by atoms with van der Waals surface area (Å²) in [6.07, 6.45) is 0. The molecule has 0 radical (unpaired) electrons. The van der Waals surface area contributed by atoms with Crippen molar-refractivity contribution in [3.8, 4) is 0 Å². The lowest BCUT2D eigenvalue weighted by atomic mass is 10.0. The van der Waals surface area contributed by atoms with Crippen molar-refractivity contribution in [2.24, 2.45) is 0 Å². The highest BCUT2D eigenvalue weighted by atomic mass is 35.5. The van der Waals surface area contributed by atoms with Crippen LogP contribution in [0.3, 0.4) is 0 Å². The van der Waals surface area contributed by atoms with Gasteiger partial charge in [-0.1, -0.05) is 36.7 Å². The lowest BCUT2D eigenvalue weighted by Gasteiger charge is -2.36. The molecule has 0 unspecified atom stereocenters. The number of carbonyl (C=O) groups is 2. The third kappa shape index (κ3) is 4.11. The smallest absolute Gasteiger partial charge is 0.278 e. The maximum Gasteiger partial charge on any atom is 0.278 e. The van der Waals surface area contributed by atoms with Crippen LogP contribution in [0, 0.1) is 10.1 Å². The van der Waals surface area contributed by atoms with Gasteiger partial charge < -0.3 is 9.80 Å². The summed E-state index contributed by atoms with van der Waals surface area (Å²) in [5.74, 6) is -0.787. The Morgan fingerprint density at radius 3 is 2.22 bits per heavy atom. The van der Waals surface area contributed by atoms with E-state index >= 15 is 0 Å². The first kappa shape index (κ1) is 22.0.